The number of hydrogen-bond donors (Lipinski definition) is 1. The van der Waals surface area contributed by atoms with Crippen LogP contribution in [0.1, 0.15) is 120 Å². The van der Waals surface area contributed by atoms with Crippen LogP contribution in [0, 0.1) is 50.2 Å². The summed E-state index contributed by atoms with van der Waals surface area (Å²) in [7, 11) is 0. The van der Waals surface area contributed by atoms with Crippen molar-refractivity contribution in [2.24, 2.45) is 50.2 Å². The minimum Gasteiger partial charge on any atom is -0.462 e. The van der Waals surface area contributed by atoms with Crippen LogP contribution in [0.5, 0.6) is 0 Å². The number of rotatable bonds is 2. The van der Waals surface area contributed by atoms with E-state index in [1.54, 1.807) is 12.5 Å². The van der Waals surface area contributed by atoms with Gasteiger partial charge in [-0.3, -0.25) is 4.79 Å². The van der Waals surface area contributed by atoms with E-state index in [2.05, 4.69) is 54.5 Å². The van der Waals surface area contributed by atoms with Crippen LogP contribution < -0.4 is 0 Å². The van der Waals surface area contributed by atoms with E-state index in [4.69, 9.17) is 4.74 Å². The first-order valence-electron chi connectivity index (χ1n) is 14.6. The molecule has 0 bridgehead atoms. The van der Waals surface area contributed by atoms with E-state index in [-0.39, 0.29) is 39.1 Å². The number of esters is 1. The molecular weight excluding hydrogens is 432 g/mol. The SMILES string of the molecule is CC(=O)OC1CCC2(C)C3CC=C4[C@@H]5CC(C)(C)CCC5(CO)CC[C@@]4(C)C3(C)CC[C@H]2C1(C)C. The fourth-order valence-electron chi connectivity index (χ4n) is 11.0. The Morgan fingerprint density at radius 1 is 0.943 bits per heavy atom. The fourth-order valence-corrected chi connectivity index (χ4v) is 11.0. The number of ether oxygens (including phenoxy) is 1. The fraction of sp³-hybridized carbons (Fsp3) is 0.906. The van der Waals surface area contributed by atoms with Gasteiger partial charge in [0.05, 0.1) is 0 Å². The summed E-state index contributed by atoms with van der Waals surface area (Å²) in [6, 6.07) is 0. The Morgan fingerprint density at radius 2 is 1.63 bits per heavy atom. The van der Waals surface area contributed by atoms with Crippen molar-refractivity contribution >= 4 is 5.97 Å². The lowest BCUT2D eigenvalue weighted by Crippen LogP contribution is -2.65. The summed E-state index contributed by atoms with van der Waals surface area (Å²) >= 11 is 0. The molecule has 5 aliphatic carbocycles. The summed E-state index contributed by atoms with van der Waals surface area (Å²) < 4.78 is 5.89. The summed E-state index contributed by atoms with van der Waals surface area (Å²) in [5.41, 5.74) is 2.98. The van der Waals surface area contributed by atoms with E-state index in [0.717, 1.165) is 12.8 Å². The maximum Gasteiger partial charge on any atom is 0.302 e. The van der Waals surface area contributed by atoms with Gasteiger partial charge in [0.1, 0.15) is 6.10 Å². The lowest BCUT2D eigenvalue weighted by atomic mass is 9.33. The van der Waals surface area contributed by atoms with Gasteiger partial charge in [0.15, 0.2) is 0 Å². The van der Waals surface area contributed by atoms with Crippen molar-refractivity contribution in [1.82, 2.24) is 0 Å². The molecule has 4 fully saturated rings. The molecule has 1 N–H and O–H groups in total. The monoisotopic (exact) mass is 484 g/mol. The maximum atomic E-state index is 11.9. The number of allylic oxidation sites excluding steroid dienone is 2. The van der Waals surface area contributed by atoms with Gasteiger partial charge >= 0.3 is 5.97 Å². The second kappa shape index (κ2) is 7.84. The zero-order valence-corrected chi connectivity index (χ0v) is 23.9. The molecule has 5 rings (SSSR count). The Morgan fingerprint density at radius 3 is 2.29 bits per heavy atom. The minimum absolute atomic E-state index is 0.0108. The molecule has 0 aromatic carbocycles. The zero-order chi connectivity index (χ0) is 25.7. The van der Waals surface area contributed by atoms with Gasteiger partial charge in [-0.25, -0.2) is 0 Å². The van der Waals surface area contributed by atoms with Gasteiger partial charge in [0.25, 0.3) is 0 Å². The molecule has 0 aromatic heterocycles. The highest BCUT2D eigenvalue weighted by atomic mass is 16.5. The number of fused-ring (bicyclic) bond motifs is 7. The van der Waals surface area contributed by atoms with Crippen molar-refractivity contribution in [1.29, 1.82) is 0 Å². The van der Waals surface area contributed by atoms with Crippen molar-refractivity contribution in [3.8, 4) is 0 Å². The number of hydrogen-bond acceptors (Lipinski definition) is 3. The third kappa shape index (κ3) is 3.41. The van der Waals surface area contributed by atoms with Crippen molar-refractivity contribution in [3.05, 3.63) is 11.6 Å². The molecule has 198 valence electrons. The smallest absolute Gasteiger partial charge is 0.302 e. The Kier molecular flexibility index (Phi) is 5.78. The van der Waals surface area contributed by atoms with Crippen LogP contribution in [-0.2, 0) is 9.53 Å². The lowest BCUT2D eigenvalue weighted by molar-refractivity contribution is -0.213. The average molecular weight is 485 g/mol. The highest BCUT2D eigenvalue weighted by Crippen LogP contribution is 2.75. The van der Waals surface area contributed by atoms with Crippen LogP contribution in [0.4, 0.5) is 0 Å². The molecule has 0 aliphatic heterocycles. The Bertz CT molecular complexity index is 916. The molecule has 35 heavy (non-hydrogen) atoms. The highest BCUT2D eigenvalue weighted by molar-refractivity contribution is 5.66. The molecule has 0 radical (unpaired) electrons. The van der Waals surface area contributed by atoms with Gasteiger partial charge < -0.3 is 9.84 Å². The van der Waals surface area contributed by atoms with Crippen molar-refractivity contribution in [2.45, 2.75) is 126 Å². The summed E-state index contributed by atoms with van der Waals surface area (Å²) in [5.74, 6) is 1.65. The van der Waals surface area contributed by atoms with Gasteiger partial charge in [0, 0.05) is 24.4 Å². The van der Waals surface area contributed by atoms with E-state index in [1.165, 1.54) is 51.4 Å². The zero-order valence-electron chi connectivity index (χ0n) is 23.9. The molecule has 0 amide bonds. The Balaban J connectivity index is 1.53. The first-order chi connectivity index (χ1) is 16.2. The van der Waals surface area contributed by atoms with Crippen LogP contribution in [0.25, 0.3) is 0 Å². The molecule has 4 saturated carbocycles. The minimum atomic E-state index is -0.130. The van der Waals surface area contributed by atoms with Gasteiger partial charge in [-0.05, 0) is 104 Å². The summed E-state index contributed by atoms with van der Waals surface area (Å²) in [4.78, 5) is 11.9. The Labute approximate surface area is 214 Å². The van der Waals surface area contributed by atoms with Crippen LogP contribution in [0.15, 0.2) is 11.6 Å². The van der Waals surface area contributed by atoms with E-state index < -0.39 is 0 Å². The van der Waals surface area contributed by atoms with Crippen molar-refractivity contribution in [3.63, 3.8) is 0 Å². The van der Waals surface area contributed by atoms with E-state index in [0.29, 0.717) is 29.8 Å². The van der Waals surface area contributed by atoms with Crippen LogP contribution in [0.3, 0.4) is 0 Å². The molecule has 8 atom stereocenters. The summed E-state index contributed by atoms with van der Waals surface area (Å²) in [5, 5.41) is 10.7. The van der Waals surface area contributed by atoms with Gasteiger partial charge in [0.2, 0.25) is 0 Å². The molecule has 5 aliphatic rings. The first-order valence-corrected chi connectivity index (χ1v) is 14.6. The van der Waals surface area contributed by atoms with Gasteiger partial charge in [-0.15, -0.1) is 0 Å². The van der Waals surface area contributed by atoms with Gasteiger partial charge in [-0.1, -0.05) is 60.1 Å². The molecular formula is C32H52O3. The van der Waals surface area contributed by atoms with Crippen molar-refractivity contribution in [2.75, 3.05) is 6.61 Å². The first kappa shape index (κ1) is 25.8. The summed E-state index contributed by atoms with van der Waals surface area (Å²) in [6.45, 7) is 19.4. The van der Waals surface area contributed by atoms with E-state index >= 15 is 0 Å². The third-order valence-electron chi connectivity index (χ3n) is 13.4. The molecule has 0 heterocycles. The quantitative estimate of drug-likeness (QED) is 0.322. The van der Waals surface area contributed by atoms with Crippen LogP contribution in [-0.4, -0.2) is 23.8 Å². The Hall–Kier alpha value is -0.830. The van der Waals surface area contributed by atoms with Crippen molar-refractivity contribution < 1.29 is 14.6 Å². The molecule has 3 heteroatoms. The number of aliphatic hydroxyl groups excluding tert-OH is 1. The number of carbonyl (C=O) groups is 1. The predicted molar refractivity (Wildman–Crippen MR) is 142 cm³/mol. The standard InChI is InChI=1S/C32H52O3/c1-21(34)35-26-12-13-29(6)24(28(26,4)5)11-14-31(8)25(29)10-9-22-23-19-27(2,3)15-17-32(23,20-33)18-16-30(22,31)7/h9,23-26,33H,10-20H2,1-8H3/t23-,24-,25?,26?,29?,30+,31?,32?/m0/s1. The molecule has 0 spiro atoms. The lowest BCUT2D eigenvalue weighted by Gasteiger charge is -2.71. The number of aliphatic hydroxyl groups is 1. The molecule has 0 saturated heterocycles. The van der Waals surface area contributed by atoms with E-state index in [9.17, 15) is 9.90 Å². The topological polar surface area (TPSA) is 46.5 Å². The number of carbonyl (C=O) groups excluding carboxylic acids is 1. The second-order valence-electron chi connectivity index (χ2n) is 15.7. The maximum absolute atomic E-state index is 11.9. The largest absolute Gasteiger partial charge is 0.462 e. The normalized spacial score (nSPS) is 50.0. The molecule has 5 unspecified atom stereocenters. The third-order valence-corrected chi connectivity index (χ3v) is 13.4. The predicted octanol–water partition coefficient (Wildman–Crippen LogP) is 7.71. The highest BCUT2D eigenvalue weighted by Gasteiger charge is 2.68. The van der Waals surface area contributed by atoms with Crippen LogP contribution in [0.2, 0.25) is 0 Å². The second-order valence-corrected chi connectivity index (χ2v) is 15.7. The van der Waals surface area contributed by atoms with Crippen LogP contribution >= 0.6 is 0 Å². The van der Waals surface area contributed by atoms with Gasteiger partial charge in [-0.2, -0.15) is 0 Å². The molecule has 3 nitrogen and oxygen atoms in total. The molecule has 0 aromatic rings. The summed E-state index contributed by atoms with van der Waals surface area (Å²) in [6.07, 6.45) is 14.6. The van der Waals surface area contributed by atoms with E-state index in [1.807, 2.05) is 0 Å². The average Bonchev–Trinajstić information content (AvgIpc) is 2.76.